The number of aryl methyl sites for hydroxylation is 1. The van der Waals surface area contributed by atoms with Crippen molar-refractivity contribution in [2.45, 2.75) is 26.7 Å². The fraction of sp³-hybridized carbons (Fsp3) is 0.636. The van der Waals surface area contributed by atoms with Crippen LogP contribution in [-0.4, -0.2) is 34.8 Å². The van der Waals surface area contributed by atoms with Gasteiger partial charge in [0.1, 0.15) is 12.9 Å². The number of ether oxygens (including phenoxy) is 1. The maximum Gasteiger partial charge on any atom is 0.147 e. The van der Waals surface area contributed by atoms with E-state index in [0.29, 0.717) is 13.2 Å². The van der Waals surface area contributed by atoms with Crippen LogP contribution in [0.1, 0.15) is 26.0 Å². The Morgan fingerprint density at radius 1 is 1.29 bits per heavy atom. The van der Waals surface area contributed by atoms with Crippen LogP contribution in [-0.2, 0) is 20.9 Å². The fourth-order valence-corrected chi connectivity index (χ4v) is 1.06. The van der Waals surface area contributed by atoms with Crippen LogP contribution in [0.2, 0.25) is 0 Å². The van der Waals surface area contributed by atoms with E-state index in [1.54, 1.807) is 10.9 Å². The third-order valence-electron chi connectivity index (χ3n) is 1.92. The number of nitrogens with zero attached hydrogens (tertiary/aromatic N) is 3. The van der Waals surface area contributed by atoms with Gasteiger partial charge >= 0.3 is 0 Å². The third-order valence-corrected chi connectivity index (χ3v) is 1.92. The summed E-state index contributed by atoms with van der Waals surface area (Å²) in [4.78, 5) is 9.67. The molecule has 0 saturated heterocycles. The molecule has 6 nitrogen and oxygen atoms in total. The molecule has 0 spiro atoms. The van der Waals surface area contributed by atoms with Gasteiger partial charge in [-0.05, 0) is 12.8 Å². The summed E-state index contributed by atoms with van der Waals surface area (Å²) in [5.41, 5.74) is 0.934. The average Bonchev–Trinajstić information content (AvgIpc) is 2.80. The molecule has 1 rings (SSSR count). The Bertz CT molecular complexity index is 326. The molecule has 6 heteroatoms. The summed E-state index contributed by atoms with van der Waals surface area (Å²) in [5.74, 6) is 0. The van der Waals surface area contributed by atoms with E-state index in [-0.39, 0.29) is 0 Å². The van der Waals surface area contributed by atoms with Crippen LogP contribution in [0.25, 0.3) is 6.20 Å². The monoisotopic (exact) mass is 241 g/mol. The van der Waals surface area contributed by atoms with E-state index in [0.717, 1.165) is 25.1 Å². The van der Waals surface area contributed by atoms with Crippen molar-refractivity contribution in [3.05, 3.63) is 18.2 Å². The summed E-state index contributed by atoms with van der Waals surface area (Å²) in [6.07, 6.45) is 6.73. The molecule has 0 aromatic carbocycles. The molecule has 0 atom stereocenters. The van der Waals surface area contributed by atoms with Crippen molar-refractivity contribution in [2.75, 3.05) is 19.8 Å². The highest BCUT2D eigenvalue weighted by molar-refractivity contribution is 5.16. The summed E-state index contributed by atoms with van der Waals surface area (Å²) in [7, 11) is 0. The maximum absolute atomic E-state index is 5.21. The Labute approximate surface area is 101 Å². The van der Waals surface area contributed by atoms with Crippen molar-refractivity contribution in [1.82, 2.24) is 15.0 Å². The van der Waals surface area contributed by atoms with Crippen LogP contribution in [0.15, 0.2) is 12.5 Å². The lowest BCUT2D eigenvalue weighted by Gasteiger charge is -2.01. The van der Waals surface area contributed by atoms with Crippen LogP contribution in [0.4, 0.5) is 0 Å². The Morgan fingerprint density at radius 2 is 2.18 bits per heavy atom. The summed E-state index contributed by atoms with van der Waals surface area (Å²) in [6, 6.07) is 0. The molecular weight excluding hydrogens is 222 g/mol. The minimum atomic E-state index is 0.405. The van der Waals surface area contributed by atoms with E-state index in [4.69, 9.17) is 14.5 Å². The second-order valence-electron chi connectivity index (χ2n) is 3.36. The van der Waals surface area contributed by atoms with Crippen molar-refractivity contribution >= 4 is 6.20 Å². The summed E-state index contributed by atoms with van der Waals surface area (Å²) in [5, 5.41) is 7.79. The molecule has 96 valence electrons. The third kappa shape index (κ3) is 6.03. The molecule has 1 heterocycles. The van der Waals surface area contributed by atoms with Crippen LogP contribution in [0.3, 0.4) is 0 Å². The number of hydrogen-bond acceptors (Lipinski definition) is 5. The Hall–Kier alpha value is -1.40. The van der Waals surface area contributed by atoms with Gasteiger partial charge in [-0.1, -0.05) is 19.1 Å². The minimum absolute atomic E-state index is 0.405. The first-order valence-electron chi connectivity index (χ1n) is 5.80. The van der Waals surface area contributed by atoms with Gasteiger partial charge in [0.2, 0.25) is 0 Å². The smallest absolute Gasteiger partial charge is 0.147 e. The Morgan fingerprint density at radius 3 is 2.88 bits per heavy atom. The SMILES string of the molecule is CCCOCCOO/C=C\n1cc(CC)nn1. The lowest BCUT2D eigenvalue weighted by Crippen LogP contribution is -2.03. The second-order valence-corrected chi connectivity index (χ2v) is 3.36. The molecule has 0 radical (unpaired) electrons. The number of hydrogen-bond donors (Lipinski definition) is 0. The molecule has 0 bridgehead atoms. The quantitative estimate of drug-likeness (QED) is 0.285. The zero-order valence-corrected chi connectivity index (χ0v) is 10.3. The Kier molecular flexibility index (Phi) is 7.01. The molecule has 17 heavy (non-hydrogen) atoms. The maximum atomic E-state index is 5.21. The molecule has 0 aliphatic heterocycles. The standard InChI is InChI=1S/C11H19N3O3/c1-3-6-15-8-9-17-16-7-5-14-10-11(4-2)12-13-14/h5,7,10H,3-4,6,8-9H2,1-2H3/b7-5-. The molecule has 1 aromatic rings. The highest BCUT2D eigenvalue weighted by atomic mass is 17.2. The van der Waals surface area contributed by atoms with Gasteiger partial charge in [-0.3, -0.25) is 0 Å². The number of rotatable bonds is 9. The van der Waals surface area contributed by atoms with E-state index in [1.807, 2.05) is 13.1 Å². The van der Waals surface area contributed by atoms with Gasteiger partial charge in [-0.25, -0.2) is 4.68 Å². The summed E-state index contributed by atoms with van der Waals surface area (Å²) in [6.45, 7) is 5.77. The van der Waals surface area contributed by atoms with Crippen LogP contribution in [0.5, 0.6) is 0 Å². The molecule has 0 saturated carbocycles. The fourth-order valence-electron chi connectivity index (χ4n) is 1.06. The number of aromatic nitrogens is 3. The highest BCUT2D eigenvalue weighted by Crippen LogP contribution is 1.94. The lowest BCUT2D eigenvalue weighted by molar-refractivity contribution is -0.254. The van der Waals surface area contributed by atoms with Gasteiger partial charge < -0.3 is 9.62 Å². The first-order chi connectivity index (χ1) is 8.36. The molecular formula is C11H19N3O3. The first kappa shape index (κ1) is 13.7. The van der Waals surface area contributed by atoms with Gasteiger partial charge in [0.25, 0.3) is 0 Å². The molecule has 1 aromatic heterocycles. The van der Waals surface area contributed by atoms with Gasteiger partial charge in [0.05, 0.1) is 24.7 Å². The normalized spacial score (nSPS) is 11.2. The predicted octanol–water partition coefficient (Wildman–Crippen LogP) is 1.64. The zero-order chi connectivity index (χ0) is 12.3. The van der Waals surface area contributed by atoms with Crippen molar-refractivity contribution < 1.29 is 14.5 Å². The molecule has 0 aliphatic carbocycles. The van der Waals surface area contributed by atoms with Gasteiger partial charge in [0, 0.05) is 6.61 Å². The minimum Gasteiger partial charge on any atom is -0.379 e. The van der Waals surface area contributed by atoms with Gasteiger partial charge in [0.15, 0.2) is 0 Å². The van der Waals surface area contributed by atoms with E-state index >= 15 is 0 Å². The zero-order valence-electron chi connectivity index (χ0n) is 10.3. The second kappa shape index (κ2) is 8.72. The molecule has 0 aliphatic rings. The van der Waals surface area contributed by atoms with Crippen molar-refractivity contribution in [3.8, 4) is 0 Å². The summed E-state index contributed by atoms with van der Waals surface area (Å²) >= 11 is 0. The van der Waals surface area contributed by atoms with Gasteiger partial charge in [-0.15, -0.1) is 5.10 Å². The van der Waals surface area contributed by atoms with Crippen molar-refractivity contribution in [3.63, 3.8) is 0 Å². The predicted molar refractivity (Wildman–Crippen MR) is 62.9 cm³/mol. The molecule has 0 amide bonds. The molecule has 0 fully saturated rings. The molecule has 0 N–H and O–H groups in total. The van der Waals surface area contributed by atoms with E-state index in [2.05, 4.69) is 17.2 Å². The summed E-state index contributed by atoms with van der Waals surface area (Å²) < 4.78 is 6.77. The van der Waals surface area contributed by atoms with Crippen LogP contribution < -0.4 is 0 Å². The van der Waals surface area contributed by atoms with Crippen LogP contribution in [0, 0.1) is 0 Å². The highest BCUT2D eigenvalue weighted by Gasteiger charge is 1.93. The van der Waals surface area contributed by atoms with Crippen LogP contribution >= 0.6 is 0 Å². The van der Waals surface area contributed by atoms with Crippen molar-refractivity contribution in [1.29, 1.82) is 0 Å². The molecule has 0 unspecified atom stereocenters. The van der Waals surface area contributed by atoms with E-state index in [9.17, 15) is 0 Å². The van der Waals surface area contributed by atoms with Gasteiger partial charge in [-0.2, -0.15) is 4.89 Å². The first-order valence-corrected chi connectivity index (χ1v) is 5.80. The average molecular weight is 241 g/mol. The largest absolute Gasteiger partial charge is 0.379 e. The Balaban J connectivity index is 2.05. The lowest BCUT2D eigenvalue weighted by atomic mass is 10.4. The topological polar surface area (TPSA) is 58.4 Å². The van der Waals surface area contributed by atoms with E-state index in [1.165, 1.54) is 6.26 Å². The van der Waals surface area contributed by atoms with E-state index < -0.39 is 0 Å². The van der Waals surface area contributed by atoms with Crippen molar-refractivity contribution in [2.24, 2.45) is 0 Å².